The molecule has 4 nitrogen and oxygen atoms in total. The molecule has 1 fully saturated rings. The number of benzene rings is 2. The van der Waals surface area contributed by atoms with Crippen LogP contribution < -0.4 is 16.0 Å². The molecule has 2 heterocycles. The molecular weight excluding hydrogens is 312 g/mol. The maximum absolute atomic E-state index is 14.0. The zero-order valence-corrected chi connectivity index (χ0v) is 12.9. The molecule has 2 amide bonds. The molecule has 0 aromatic heterocycles. The minimum Gasteiger partial charge on any atom is -0.316 e. The second-order valence-electron chi connectivity index (χ2n) is 6.20. The normalized spacial score (nSPS) is 19.1. The van der Waals surface area contributed by atoms with Crippen molar-refractivity contribution in [3.05, 3.63) is 58.7 Å². The van der Waals surface area contributed by atoms with Gasteiger partial charge in [0, 0.05) is 13.0 Å². The highest BCUT2D eigenvalue weighted by atomic mass is 19.2. The van der Waals surface area contributed by atoms with Crippen molar-refractivity contribution in [1.82, 2.24) is 10.6 Å². The third-order valence-electron chi connectivity index (χ3n) is 4.58. The Balaban J connectivity index is 1.74. The molecule has 0 saturated carbocycles. The molecule has 4 rings (SSSR count). The number of halogens is 2. The second kappa shape index (κ2) is 5.87. The molecule has 1 radical (unpaired) electrons. The summed E-state index contributed by atoms with van der Waals surface area (Å²) in [5.74, 6) is -1.40. The van der Waals surface area contributed by atoms with Crippen molar-refractivity contribution in [1.29, 1.82) is 0 Å². The number of rotatable bonds is 3. The highest BCUT2D eigenvalue weighted by Crippen LogP contribution is 2.39. The molecule has 1 unspecified atom stereocenters. The Hall–Kier alpha value is -2.47. The summed E-state index contributed by atoms with van der Waals surface area (Å²) < 4.78 is 27.4. The van der Waals surface area contributed by atoms with E-state index in [-0.39, 0.29) is 18.4 Å². The largest absolute Gasteiger partial charge is 0.346 e. The Morgan fingerprint density at radius 3 is 2.92 bits per heavy atom. The molecule has 2 aromatic carbocycles. The van der Waals surface area contributed by atoms with Crippen molar-refractivity contribution in [3.8, 4) is 0 Å². The molecule has 0 bridgehead atoms. The summed E-state index contributed by atoms with van der Waals surface area (Å²) in [6.45, 7) is 1.75. The Morgan fingerprint density at radius 1 is 1.25 bits per heavy atom. The average molecular weight is 328 g/mol. The van der Waals surface area contributed by atoms with Crippen LogP contribution in [0.1, 0.15) is 29.0 Å². The Labute approximate surface area is 138 Å². The molecule has 1 saturated heterocycles. The first kappa shape index (κ1) is 15.1. The van der Waals surface area contributed by atoms with E-state index in [4.69, 9.17) is 0 Å². The molecule has 0 aliphatic carbocycles. The van der Waals surface area contributed by atoms with Crippen molar-refractivity contribution in [2.24, 2.45) is 0 Å². The molecule has 1 atom stereocenters. The second-order valence-corrected chi connectivity index (χ2v) is 6.20. The summed E-state index contributed by atoms with van der Waals surface area (Å²) in [6.07, 6.45) is 1.23. The monoisotopic (exact) mass is 328 g/mol. The van der Waals surface area contributed by atoms with Gasteiger partial charge in [-0.2, -0.15) is 5.32 Å². The van der Waals surface area contributed by atoms with Gasteiger partial charge in [-0.1, -0.05) is 18.2 Å². The van der Waals surface area contributed by atoms with Crippen LogP contribution in [-0.4, -0.2) is 19.1 Å². The van der Waals surface area contributed by atoms with Crippen molar-refractivity contribution >= 4 is 17.4 Å². The summed E-state index contributed by atoms with van der Waals surface area (Å²) in [6, 6.07) is 7.55. The molecule has 2 aliphatic heterocycles. The Bertz CT molecular complexity index is 816. The van der Waals surface area contributed by atoms with Crippen LogP contribution in [0.4, 0.5) is 25.0 Å². The number of anilines is 1. The van der Waals surface area contributed by atoms with Gasteiger partial charge in [-0.3, -0.25) is 0 Å². The minimum atomic E-state index is -0.850. The quantitative estimate of drug-likeness (QED) is 0.907. The van der Waals surface area contributed by atoms with Crippen LogP contribution in [0, 0.1) is 11.6 Å². The Morgan fingerprint density at radius 2 is 2.12 bits per heavy atom. The lowest BCUT2D eigenvalue weighted by Crippen LogP contribution is -2.11. The smallest absolute Gasteiger partial charge is 0.316 e. The summed E-state index contributed by atoms with van der Waals surface area (Å²) in [7, 11) is 0. The predicted octanol–water partition coefficient (Wildman–Crippen LogP) is 3.41. The number of nitrogens with zero attached hydrogens (tertiary/aromatic N) is 1. The van der Waals surface area contributed by atoms with Crippen LogP contribution in [0.3, 0.4) is 0 Å². The number of carbonyl (C=O) groups excluding carboxylic acids is 1. The van der Waals surface area contributed by atoms with Gasteiger partial charge in [0.25, 0.3) is 0 Å². The van der Waals surface area contributed by atoms with Gasteiger partial charge in [-0.05, 0) is 47.7 Å². The van der Waals surface area contributed by atoms with E-state index >= 15 is 0 Å². The van der Waals surface area contributed by atoms with E-state index < -0.39 is 11.6 Å². The van der Waals surface area contributed by atoms with E-state index in [2.05, 4.69) is 16.0 Å². The number of hydrogen-bond donors (Lipinski definition) is 2. The SMILES string of the molecule is O=C1[N]c2c(cc(Cc3cccc(F)c3F)cc2C2CCNC2)N1. The fourth-order valence-corrected chi connectivity index (χ4v) is 3.42. The fourth-order valence-electron chi connectivity index (χ4n) is 3.42. The van der Waals surface area contributed by atoms with Crippen LogP contribution in [-0.2, 0) is 6.42 Å². The summed E-state index contributed by atoms with van der Waals surface area (Å²) in [4.78, 5) is 11.6. The Kier molecular flexibility index (Phi) is 3.69. The number of nitrogens with one attached hydrogen (secondary N) is 2. The molecule has 2 aromatic rings. The fraction of sp³-hybridized carbons (Fsp3) is 0.278. The van der Waals surface area contributed by atoms with Gasteiger partial charge in [-0.15, -0.1) is 0 Å². The summed E-state index contributed by atoms with van der Waals surface area (Å²) in [5.41, 5.74) is 3.44. The minimum absolute atomic E-state index is 0.264. The van der Waals surface area contributed by atoms with Crippen LogP contribution in [0.2, 0.25) is 0 Å². The first-order valence-corrected chi connectivity index (χ1v) is 7.95. The van der Waals surface area contributed by atoms with Crippen molar-refractivity contribution in [2.75, 3.05) is 18.4 Å². The van der Waals surface area contributed by atoms with Crippen LogP contribution >= 0.6 is 0 Å². The summed E-state index contributed by atoms with van der Waals surface area (Å²) in [5, 5.41) is 10.1. The van der Waals surface area contributed by atoms with Gasteiger partial charge in [0.05, 0.1) is 11.4 Å². The van der Waals surface area contributed by atoms with Crippen LogP contribution in [0.25, 0.3) is 0 Å². The average Bonchev–Trinajstić information content (AvgIpc) is 3.19. The van der Waals surface area contributed by atoms with E-state index in [9.17, 15) is 13.6 Å². The summed E-state index contributed by atoms with van der Waals surface area (Å²) >= 11 is 0. The maximum atomic E-state index is 14.0. The molecule has 6 heteroatoms. The topological polar surface area (TPSA) is 55.2 Å². The van der Waals surface area contributed by atoms with Crippen molar-refractivity contribution in [2.45, 2.75) is 18.8 Å². The van der Waals surface area contributed by atoms with Gasteiger partial charge < -0.3 is 10.6 Å². The highest BCUT2D eigenvalue weighted by molar-refractivity contribution is 6.03. The number of urea groups is 1. The van der Waals surface area contributed by atoms with Gasteiger partial charge in [0.2, 0.25) is 0 Å². The third-order valence-corrected chi connectivity index (χ3v) is 4.58. The van der Waals surface area contributed by atoms with Gasteiger partial charge in [0.15, 0.2) is 11.6 Å². The standard InChI is InChI=1S/C18H16F2N3O/c19-14-3-1-2-11(16(14)20)6-10-7-13(12-4-5-21-9-12)17-15(8-10)22-18(24)23-17/h1-3,7-8,12,21H,4-6,9H2,(H,22,24). The lowest BCUT2D eigenvalue weighted by atomic mass is 9.92. The van der Waals surface area contributed by atoms with E-state index in [1.165, 1.54) is 6.07 Å². The predicted molar refractivity (Wildman–Crippen MR) is 86.6 cm³/mol. The molecule has 2 aliphatic rings. The number of carbonyl (C=O) groups is 1. The third kappa shape index (κ3) is 2.63. The number of amides is 2. The van der Waals surface area contributed by atoms with E-state index in [1.54, 1.807) is 12.1 Å². The van der Waals surface area contributed by atoms with Crippen molar-refractivity contribution < 1.29 is 13.6 Å². The number of hydrogen-bond acceptors (Lipinski definition) is 2. The molecular formula is C18H16F2N3O. The van der Waals surface area contributed by atoms with Crippen LogP contribution in [0.15, 0.2) is 30.3 Å². The van der Waals surface area contributed by atoms with Crippen molar-refractivity contribution in [3.63, 3.8) is 0 Å². The van der Waals surface area contributed by atoms with Gasteiger partial charge in [-0.25, -0.2) is 13.6 Å². The first-order valence-electron chi connectivity index (χ1n) is 7.95. The lowest BCUT2D eigenvalue weighted by molar-refractivity contribution is 0.256. The van der Waals surface area contributed by atoms with E-state index in [0.717, 1.165) is 36.7 Å². The first-order chi connectivity index (χ1) is 11.6. The highest BCUT2D eigenvalue weighted by Gasteiger charge is 2.28. The maximum Gasteiger partial charge on any atom is 0.346 e. The van der Waals surface area contributed by atoms with Gasteiger partial charge >= 0.3 is 6.03 Å². The van der Waals surface area contributed by atoms with Gasteiger partial charge in [0.1, 0.15) is 0 Å². The van der Waals surface area contributed by atoms with E-state index in [0.29, 0.717) is 16.9 Å². The molecule has 123 valence electrons. The van der Waals surface area contributed by atoms with E-state index in [1.807, 2.05) is 6.07 Å². The zero-order valence-electron chi connectivity index (χ0n) is 12.9. The zero-order chi connectivity index (χ0) is 16.7. The molecule has 0 spiro atoms. The molecule has 2 N–H and O–H groups in total. The van der Waals surface area contributed by atoms with Crippen LogP contribution in [0.5, 0.6) is 0 Å². The number of fused-ring (bicyclic) bond motifs is 1. The lowest BCUT2D eigenvalue weighted by Gasteiger charge is -2.15. The molecule has 24 heavy (non-hydrogen) atoms.